The lowest BCUT2D eigenvalue weighted by Gasteiger charge is -2.20. The smallest absolute Gasteiger partial charge is 0.419 e. The van der Waals surface area contributed by atoms with E-state index in [0.29, 0.717) is 16.8 Å². The number of amides is 1. The number of nitrogens with one attached hydrogen (secondary N) is 1. The molecule has 0 aliphatic rings. The molecule has 0 unspecified atom stereocenters. The van der Waals surface area contributed by atoms with Crippen LogP contribution < -0.4 is 5.32 Å². The van der Waals surface area contributed by atoms with E-state index in [4.69, 9.17) is 9.47 Å². The second kappa shape index (κ2) is 9.61. The van der Waals surface area contributed by atoms with Crippen LogP contribution in [0.1, 0.15) is 41.5 Å². The molecule has 1 N–H and O–H groups in total. The van der Waals surface area contributed by atoms with Gasteiger partial charge in [-0.3, -0.25) is 10.3 Å². The fourth-order valence-electron chi connectivity index (χ4n) is 3.57. The number of hydrogen-bond acceptors (Lipinski definition) is 7. The number of rotatable bonds is 3. The van der Waals surface area contributed by atoms with Crippen LogP contribution in [-0.2, 0) is 9.47 Å². The van der Waals surface area contributed by atoms with Crippen LogP contribution >= 0.6 is 0 Å². The van der Waals surface area contributed by atoms with Crippen molar-refractivity contribution in [1.29, 1.82) is 0 Å². The Labute approximate surface area is 213 Å². The van der Waals surface area contributed by atoms with E-state index < -0.39 is 29.3 Å². The van der Waals surface area contributed by atoms with Crippen molar-refractivity contribution >= 4 is 28.9 Å². The Bertz CT molecular complexity index is 1470. The van der Waals surface area contributed by atoms with Crippen LogP contribution in [0.3, 0.4) is 0 Å². The number of nitrogens with zero attached hydrogens (tertiary/aromatic N) is 4. The summed E-state index contributed by atoms with van der Waals surface area (Å²) in [4.78, 5) is 37.4. The van der Waals surface area contributed by atoms with Gasteiger partial charge in [0.25, 0.3) is 0 Å². The highest BCUT2D eigenvalue weighted by Crippen LogP contribution is 2.30. The van der Waals surface area contributed by atoms with Gasteiger partial charge in [0.05, 0.1) is 23.1 Å². The third-order valence-corrected chi connectivity index (χ3v) is 5.00. The van der Waals surface area contributed by atoms with Gasteiger partial charge in [0.15, 0.2) is 0 Å². The molecule has 10 heteroatoms. The zero-order chi connectivity index (χ0) is 27.0. The molecule has 0 aliphatic carbocycles. The van der Waals surface area contributed by atoms with E-state index >= 15 is 4.39 Å². The topological polar surface area (TPSA) is 108 Å². The zero-order valence-corrected chi connectivity index (χ0v) is 21.5. The van der Waals surface area contributed by atoms with Crippen molar-refractivity contribution in [2.24, 2.45) is 0 Å². The summed E-state index contributed by atoms with van der Waals surface area (Å²) in [7, 11) is 0. The molecule has 0 fully saturated rings. The molecule has 192 valence electrons. The lowest BCUT2D eigenvalue weighted by Crippen LogP contribution is -2.27. The summed E-state index contributed by atoms with van der Waals surface area (Å²) in [5.74, 6) is -0.482. The van der Waals surface area contributed by atoms with Crippen LogP contribution in [0, 0.1) is 5.95 Å². The minimum absolute atomic E-state index is 0.210. The van der Waals surface area contributed by atoms with Gasteiger partial charge in [0.2, 0.25) is 5.95 Å². The molecule has 4 rings (SSSR count). The lowest BCUT2D eigenvalue weighted by molar-refractivity contribution is 0.0545. The first-order chi connectivity index (χ1) is 17.3. The highest BCUT2D eigenvalue weighted by molar-refractivity contribution is 5.95. The largest absolute Gasteiger partial charge is 0.444 e. The number of anilines is 1. The van der Waals surface area contributed by atoms with Crippen LogP contribution in [0.2, 0.25) is 0 Å². The van der Waals surface area contributed by atoms with Crippen LogP contribution in [0.25, 0.3) is 33.4 Å². The van der Waals surface area contributed by atoms with Crippen molar-refractivity contribution in [1.82, 2.24) is 19.5 Å². The second-order valence-electron chi connectivity index (χ2n) is 10.4. The molecule has 0 atom stereocenters. The monoisotopic (exact) mass is 505 g/mol. The molecule has 0 aliphatic heterocycles. The van der Waals surface area contributed by atoms with Gasteiger partial charge in [-0.15, -0.1) is 0 Å². The molecule has 4 aromatic rings. The van der Waals surface area contributed by atoms with E-state index in [1.54, 1.807) is 90.3 Å². The number of ether oxygens (including phenoxy) is 2. The van der Waals surface area contributed by atoms with E-state index in [-0.39, 0.29) is 17.1 Å². The summed E-state index contributed by atoms with van der Waals surface area (Å²) in [6.45, 7) is 10.6. The van der Waals surface area contributed by atoms with Gasteiger partial charge in [0, 0.05) is 28.9 Å². The summed E-state index contributed by atoms with van der Waals surface area (Å²) in [5, 5.41) is 3.27. The third-order valence-electron chi connectivity index (χ3n) is 5.00. The molecule has 4 aromatic heterocycles. The number of hydrogen-bond donors (Lipinski definition) is 1. The number of pyridine rings is 3. The molecular formula is C27H28FN5O4. The maximum atomic E-state index is 15.2. The van der Waals surface area contributed by atoms with Gasteiger partial charge in [-0.05, 0) is 77.9 Å². The molecule has 0 bridgehead atoms. The fraction of sp³-hybridized carbons (Fsp3) is 0.296. The van der Waals surface area contributed by atoms with Gasteiger partial charge in [0.1, 0.15) is 17.0 Å². The van der Waals surface area contributed by atoms with Gasteiger partial charge in [-0.2, -0.15) is 4.39 Å². The van der Waals surface area contributed by atoms with E-state index in [0.717, 1.165) is 5.39 Å². The van der Waals surface area contributed by atoms with Crippen molar-refractivity contribution in [3.63, 3.8) is 0 Å². The highest BCUT2D eigenvalue weighted by Gasteiger charge is 2.24. The van der Waals surface area contributed by atoms with E-state index in [1.165, 1.54) is 10.8 Å². The van der Waals surface area contributed by atoms with E-state index in [2.05, 4.69) is 20.3 Å². The van der Waals surface area contributed by atoms with Gasteiger partial charge < -0.3 is 9.47 Å². The van der Waals surface area contributed by atoms with Crippen molar-refractivity contribution in [3.05, 3.63) is 60.9 Å². The average molecular weight is 506 g/mol. The summed E-state index contributed by atoms with van der Waals surface area (Å²) in [6, 6.07) is 9.83. The molecule has 0 radical (unpaired) electrons. The Hall–Kier alpha value is -4.34. The van der Waals surface area contributed by atoms with Crippen LogP contribution in [0.15, 0.2) is 55.0 Å². The maximum Gasteiger partial charge on any atom is 0.419 e. The Morgan fingerprint density at radius 2 is 1.68 bits per heavy atom. The first-order valence-electron chi connectivity index (χ1n) is 11.6. The predicted molar refractivity (Wildman–Crippen MR) is 138 cm³/mol. The molecule has 0 spiro atoms. The van der Waals surface area contributed by atoms with Crippen molar-refractivity contribution in [2.45, 2.75) is 52.7 Å². The minimum Gasteiger partial charge on any atom is -0.444 e. The first kappa shape index (κ1) is 25.7. The SMILES string of the molecule is CC(C)(C)OC(=O)Nc1ccc(-c2ccc(-c3cc4ccncc4n3C(=O)OC(C)(C)C)nc2F)cn1. The van der Waals surface area contributed by atoms with E-state index in [1.807, 2.05) is 0 Å². The minimum atomic E-state index is -0.744. The number of carbonyl (C=O) groups is 2. The summed E-state index contributed by atoms with van der Waals surface area (Å²) in [5.41, 5.74) is 0.441. The van der Waals surface area contributed by atoms with Crippen molar-refractivity contribution in [3.8, 4) is 22.5 Å². The molecule has 0 saturated heterocycles. The molecule has 0 saturated carbocycles. The molecule has 9 nitrogen and oxygen atoms in total. The highest BCUT2D eigenvalue weighted by atomic mass is 19.1. The quantitative estimate of drug-likeness (QED) is 0.320. The number of halogens is 1. The summed E-state index contributed by atoms with van der Waals surface area (Å²) < 4.78 is 27.3. The normalized spacial score (nSPS) is 11.9. The molecule has 1 amide bonds. The number of fused-ring (bicyclic) bond motifs is 1. The van der Waals surface area contributed by atoms with Crippen molar-refractivity contribution < 1.29 is 23.5 Å². The lowest BCUT2D eigenvalue weighted by atomic mass is 10.1. The van der Waals surface area contributed by atoms with E-state index in [9.17, 15) is 9.59 Å². The molecule has 37 heavy (non-hydrogen) atoms. The Kier molecular flexibility index (Phi) is 6.68. The van der Waals surface area contributed by atoms with Crippen LogP contribution in [0.4, 0.5) is 19.8 Å². The average Bonchev–Trinajstić information content (AvgIpc) is 3.17. The number of aromatic nitrogens is 4. The Balaban J connectivity index is 1.64. The Morgan fingerprint density at radius 1 is 0.946 bits per heavy atom. The van der Waals surface area contributed by atoms with Gasteiger partial charge >= 0.3 is 12.2 Å². The predicted octanol–water partition coefficient (Wildman–Crippen LogP) is 6.43. The third kappa shape index (κ3) is 6.08. The Morgan fingerprint density at radius 3 is 2.30 bits per heavy atom. The van der Waals surface area contributed by atoms with Crippen molar-refractivity contribution in [2.75, 3.05) is 5.32 Å². The summed E-state index contributed by atoms with van der Waals surface area (Å²) in [6.07, 6.45) is 3.33. The number of carbonyl (C=O) groups excluding carboxylic acids is 2. The second-order valence-corrected chi connectivity index (χ2v) is 10.4. The first-order valence-corrected chi connectivity index (χ1v) is 11.6. The zero-order valence-electron chi connectivity index (χ0n) is 21.5. The molecule has 4 heterocycles. The standard InChI is InChI=1S/C27H28FN5O4/c1-26(2,3)36-24(34)32-22-10-7-17(14-30-22)18-8-9-19(31-23(18)28)20-13-16-11-12-29-15-21(16)33(20)25(35)37-27(4,5)6/h7-15H,1-6H3,(H,30,32,34). The summed E-state index contributed by atoms with van der Waals surface area (Å²) >= 11 is 0. The molecule has 0 aromatic carbocycles. The fourth-order valence-corrected chi connectivity index (χ4v) is 3.57. The molecular weight excluding hydrogens is 477 g/mol. The maximum absolute atomic E-state index is 15.2. The van der Waals surface area contributed by atoms with Crippen LogP contribution in [-0.4, -0.2) is 42.9 Å². The van der Waals surface area contributed by atoms with Gasteiger partial charge in [-0.25, -0.2) is 24.1 Å². The van der Waals surface area contributed by atoms with Crippen LogP contribution in [0.5, 0.6) is 0 Å². The van der Waals surface area contributed by atoms with Gasteiger partial charge in [-0.1, -0.05) is 0 Å².